The third kappa shape index (κ3) is 5.07. The number of anilines is 1. The number of aryl methyl sites for hydroxylation is 1. The van der Waals surface area contributed by atoms with E-state index < -0.39 is 11.8 Å². The molecule has 0 atom stereocenters. The van der Waals surface area contributed by atoms with Gasteiger partial charge in [0, 0.05) is 13.1 Å². The van der Waals surface area contributed by atoms with E-state index in [1.54, 1.807) is 12.1 Å². The average molecular weight is 316 g/mol. The van der Waals surface area contributed by atoms with Crippen molar-refractivity contribution in [3.63, 3.8) is 0 Å². The quantitative estimate of drug-likeness (QED) is 0.860. The Kier molecular flexibility index (Phi) is 6.11. The summed E-state index contributed by atoms with van der Waals surface area (Å²) in [4.78, 5) is 13.8. The van der Waals surface area contributed by atoms with Gasteiger partial charge in [0.05, 0.1) is 12.3 Å². The molecule has 2 N–H and O–H groups in total. The van der Waals surface area contributed by atoms with Crippen LogP contribution in [0.1, 0.15) is 11.1 Å². The van der Waals surface area contributed by atoms with Gasteiger partial charge in [-0.15, -0.1) is 0 Å². The molecule has 122 valence electrons. The maximum Gasteiger partial charge on any atom is 0.322 e. The second-order valence-electron chi connectivity index (χ2n) is 5.36. The fraction of sp³-hybridized carbons (Fsp3) is 0.278. The largest absolute Gasteiger partial charge is 0.395 e. The molecule has 0 spiro atoms. The van der Waals surface area contributed by atoms with E-state index in [2.05, 4.69) is 5.32 Å². The number of hydrogen-bond donors (Lipinski definition) is 2. The number of nitrogens with one attached hydrogen (secondary N) is 1. The SMILES string of the molecule is Cc1ccc(F)c(NC(=O)N(CCO)CCc2ccccc2)c1. The van der Waals surface area contributed by atoms with Crippen LogP contribution in [0.4, 0.5) is 14.9 Å². The van der Waals surface area contributed by atoms with Crippen molar-refractivity contribution in [3.8, 4) is 0 Å². The van der Waals surface area contributed by atoms with Crippen LogP contribution in [0.3, 0.4) is 0 Å². The van der Waals surface area contributed by atoms with Crippen molar-refractivity contribution < 1.29 is 14.3 Å². The molecule has 2 aromatic rings. The Hall–Kier alpha value is -2.40. The number of urea groups is 1. The minimum Gasteiger partial charge on any atom is -0.395 e. The van der Waals surface area contributed by atoms with E-state index >= 15 is 0 Å². The Morgan fingerprint density at radius 3 is 2.61 bits per heavy atom. The van der Waals surface area contributed by atoms with Gasteiger partial charge in [0.2, 0.25) is 0 Å². The highest BCUT2D eigenvalue weighted by Crippen LogP contribution is 2.16. The van der Waals surface area contributed by atoms with Crippen LogP contribution in [0, 0.1) is 12.7 Å². The predicted octanol–water partition coefficient (Wildman–Crippen LogP) is 3.20. The Balaban J connectivity index is 2.01. The van der Waals surface area contributed by atoms with E-state index in [0.717, 1.165) is 11.1 Å². The third-order valence-electron chi connectivity index (χ3n) is 3.53. The van der Waals surface area contributed by atoms with E-state index in [9.17, 15) is 9.18 Å². The number of rotatable bonds is 6. The second kappa shape index (κ2) is 8.29. The van der Waals surface area contributed by atoms with Crippen LogP contribution in [-0.2, 0) is 6.42 Å². The molecule has 0 aliphatic carbocycles. The molecule has 0 aliphatic heterocycles. The molecule has 0 radical (unpaired) electrons. The maximum absolute atomic E-state index is 13.7. The Bertz CT molecular complexity index is 647. The molecule has 0 fully saturated rings. The number of benzene rings is 2. The first-order valence-corrected chi connectivity index (χ1v) is 7.57. The molecule has 0 unspecified atom stereocenters. The number of amides is 2. The molecule has 2 amide bonds. The zero-order valence-electron chi connectivity index (χ0n) is 13.1. The molecule has 0 heterocycles. The van der Waals surface area contributed by atoms with E-state index in [1.807, 2.05) is 37.3 Å². The lowest BCUT2D eigenvalue weighted by Crippen LogP contribution is -2.38. The lowest BCUT2D eigenvalue weighted by atomic mass is 10.1. The lowest BCUT2D eigenvalue weighted by molar-refractivity contribution is 0.189. The number of hydrogen-bond acceptors (Lipinski definition) is 2. The van der Waals surface area contributed by atoms with Gasteiger partial charge in [-0.05, 0) is 36.6 Å². The summed E-state index contributed by atoms with van der Waals surface area (Å²) in [7, 11) is 0. The van der Waals surface area contributed by atoms with Crippen LogP contribution in [0.5, 0.6) is 0 Å². The fourth-order valence-electron chi connectivity index (χ4n) is 2.27. The van der Waals surface area contributed by atoms with Crippen LogP contribution >= 0.6 is 0 Å². The zero-order valence-corrected chi connectivity index (χ0v) is 13.1. The van der Waals surface area contributed by atoms with Gasteiger partial charge < -0.3 is 15.3 Å². The number of nitrogens with zero attached hydrogens (tertiary/aromatic N) is 1. The van der Waals surface area contributed by atoms with E-state index in [1.165, 1.54) is 11.0 Å². The highest BCUT2D eigenvalue weighted by atomic mass is 19.1. The van der Waals surface area contributed by atoms with Crippen molar-refractivity contribution in [3.05, 3.63) is 65.5 Å². The molecule has 0 saturated carbocycles. The smallest absolute Gasteiger partial charge is 0.322 e. The summed E-state index contributed by atoms with van der Waals surface area (Å²) in [5.41, 5.74) is 2.11. The van der Waals surface area contributed by atoms with Crippen LogP contribution in [0.15, 0.2) is 48.5 Å². The van der Waals surface area contributed by atoms with Crippen LogP contribution in [0.25, 0.3) is 0 Å². The van der Waals surface area contributed by atoms with E-state index in [0.29, 0.717) is 13.0 Å². The summed E-state index contributed by atoms with van der Waals surface area (Å²) < 4.78 is 13.7. The molecule has 2 aromatic carbocycles. The number of aliphatic hydroxyl groups is 1. The minimum atomic E-state index is -0.476. The highest BCUT2D eigenvalue weighted by Gasteiger charge is 2.15. The summed E-state index contributed by atoms with van der Waals surface area (Å²) in [6.45, 7) is 2.34. The van der Waals surface area contributed by atoms with Gasteiger partial charge in [-0.1, -0.05) is 36.4 Å². The van der Waals surface area contributed by atoms with Gasteiger partial charge in [0.15, 0.2) is 0 Å². The van der Waals surface area contributed by atoms with Gasteiger partial charge in [-0.2, -0.15) is 0 Å². The molecule has 2 rings (SSSR count). The standard InChI is InChI=1S/C18H21FN2O2/c1-14-7-8-16(19)17(13-14)20-18(23)21(11-12-22)10-9-15-5-3-2-4-6-15/h2-8,13,22H,9-12H2,1H3,(H,20,23). The van der Waals surface area contributed by atoms with Gasteiger partial charge in [0.1, 0.15) is 5.82 Å². The summed E-state index contributed by atoms with van der Waals surface area (Å²) in [6, 6.07) is 13.9. The Labute approximate surface area is 135 Å². The average Bonchev–Trinajstić information content (AvgIpc) is 2.55. The van der Waals surface area contributed by atoms with Crippen molar-refractivity contribution in [2.45, 2.75) is 13.3 Å². The predicted molar refractivity (Wildman–Crippen MR) is 89.0 cm³/mol. The van der Waals surface area contributed by atoms with Crippen LogP contribution in [-0.4, -0.2) is 35.7 Å². The first kappa shape index (κ1) is 17.0. The Morgan fingerprint density at radius 1 is 1.17 bits per heavy atom. The summed E-state index contributed by atoms with van der Waals surface area (Å²) >= 11 is 0. The fourth-order valence-corrected chi connectivity index (χ4v) is 2.27. The van der Waals surface area contributed by atoms with Gasteiger partial charge in [-0.3, -0.25) is 0 Å². The van der Waals surface area contributed by atoms with Gasteiger partial charge in [0.25, 0.3) is 0 Å². The van der Waals surface area contributed by atoms with E-state index in [-0.39, 0.29) is 18.8 Å². The van der Waals surface area contributed by atoms with Crippen LogP contribution in [0.2, 0.25) is 0 Å². The summed E-state index contributed by atoms with van der Waals surface area (Å²) in [5.74, 6) is -0.476. The summed E-state index contributed by atoms with van der Waals surface area (Å²) in [6.07, 6.45) is 0.671. The first-order valence-electron chi connectivity index (χ1n) is 7.57. The van der Waals surface area contributed by atoms with Crippen LogP contribution < -0.4 is 5.32 Å². The van der Waals surface area contributed by atoms with Crippen molar-refractivity contribution in [1.82, 2.24) is 4.90 Å². The molecule has 0 aromatic heterocycles. The molecule has 5 heteroatoms. The lowest BCUT2D eigenvalue weighted by Gasteiger charge is -2.22. The monoisotopic (exact) mass is 316 g/mol. The maximum atomic E-state index is 13.7. The number of carbonyl (C=O) groups is 1. The van der Waals surface area contributed by atoms with Crippen molar-refractivity contribution in [2.75, 3.05) is 25.0 Å². The van der Waals surface area contributed by atoms with Crippen molar-refractivity contribution >= 4 is 11.7 Å². The number of aliphatic hydroxyl groups excluding tert-OH is 1. The third-order valence-corrected chi connectivity index (χ3v) is 3.53. The van der Waals surface area contributed by atoms with Crippen molar-refractivity contribution in [2.24, 2.45) is 0 Å². The number of halogens is 1. The molecular weight excluding hydrogens is 295 g/mol. The topological polar surface area (TPSA) is 52.6 Å². The molecule has 0 aliphatic rings. The molecular formula is C18H21FN2O2. The van der Waals surface area contributed by atoms with Gasteiger partial charge in [-0.25, -0.2) is 9.18 Å². The normalized spacial score (nSPS) is 10.4. The molecule has 0 bridgehead atoms. The minimum absolute atomic E-state index is 0.140. The molecule has 4 nitrogen and oxygen atoms in total. The van der Waals surface area contributed by atoms with E-state index in [4.69, 9.17) is 5.11 Å². The number of carbonyl (C=O) groups excluding carboxylic acids is 1. The molecule has 23 heavy (non-hydrogen) atoms. The second-order valence-corrected chi connectivity index (χ2v) is 5.36. The highest BCUT2D eigenvalue weighted by molar-refractivity contribution is 5.89. The molecule has 0 saturated heterocycles. The first-order chi connectivity index (χ1) is 11.1. The zero-order chi connectivity index (χ0) is 16.7. The van der Waals surface area contributed by atoms with Gasteiger partial charge >= 0.3 is 6.03 Å². The Morgan fingerprint density at radius 2 is 1.91 bits per heavy atom. The summed E-state index contributed by atoms with van der Waals surface area (Å²) in [5, 5.41) is 11.7. The van der Waals surface area contributed by atoms with Crippen molar-refractivity contribution in [1.29, 1.82) is 0 Å².